The van der Waals surface area contributed by atoms with E-state index in [-0.39, 0.29) is 16.2 Å². The monoisotopic (exact) mass is 346 g/mol. The van der Waals surface area contributed by atoms with E-state index < -0.39 is 20.8 Å². The van der Waals surface area contributed by atoms with Crippen molar-refractivity contribution in [1.82, 2.24) is 4.72 Å². The van der Waals surface area contributed by atoms with Gasteiger partial charge in [0, 0.05) is 47.6 Å². The molecule has 0 fully saturated rings. The van der Waals surface area contributed by atoms with Gasteiger partial charge in [0.25, 0.3) is 0 Å². The van der Waals surface area contributed by atoms with Crippen molar-refractivity contribution < 1.29 is 12.6 Å². The molecule has 0 spiro atoms. The minimum atomic E-state index is -3.59. The van der Waals surface area contributed by atoms with Crippen LogP contribution in [0.25, 0.3) is 0 Å². The first-order chi connectivity index (χ1) is 9.95. The molecule has 0 aliphatic heterocycles. The van der Waals surface area contributed by atoms with Crippen LogP contribution in [0.5, 0.6) is 0 Å². The third kappa shape index (κ3) is 5.07. The van der Waals surface area contributed by atoms with E-state index in [2.05, 4.69) is 4.72 Å². The molecule has 126 valence electrons. The van der Waals surface area contributed by atoms with E-state index in [0.717, 1.165) is 11.3 Å². The molecule has 0 saturated carbocycles. The third-order valence-electron chi connectivity index (χ3n) is 3.24. The van der Waals surface area contributed by atoms with Gasteiger partial charge in [0.05, 0.1) is 4.90 Å². The number of anilines is 1. The SMILES string of the molecule is Cc1ccc(S(=O)(=O)NCCS(=O)C(C)(C)C)cc1N(C)C. The summed E-state index contributed by atoms with van der Waals surface area (Å²) >= 11 is 0. The Balaban J connectivity index is 2.84. The Morgan fingerprint density at radius 3 is 2.32 bits per heavy atom. The van der Waals surface area contributed by atoms with E-state index in [4.69, 9.17) is 0 Å². The molecule has 1 N–H and O–H groups in total. The smallest absolute Gasteiger partial charge is 0.240 e. The lowest BCUT2D eigenvalue weighted by Crippen LogP contribution is -2.32. The summed E-state index contributed by atoms with van der Waals surface area (Å²) < 4.78 is 38.8. The van der Waals surface area contributed by atoms with Crippen molar-refractivity contribution in [3.05, 3.63) is 23.8 Å². The van der Waals surface area contributed by atoms with Gasteiger partial charge in [-0.25, -0.2) is 13.1 Å². The van der Waals surface area contributed by atoms with Crippen molar-refractivity contribution in [2.45, 2.75) is 37.3 Å². The van der Waals surface area contributed by atoms with Crippen LogP contribution in [0.3, 0.4) is 0 Å². The highest BCUT2D eigenvalue weighted by molar-refractivity contribution is 7.89. The van der Waals surface area contributed by atoms with Gasteiger partial charge in [0.15, 0.2) is 0 Å². The van der Waals surface area contributed by atoms with Gasteiger partial charge in [-0.3, -0.25) is 4.21 Å². The molecule has 1 aromatic carbocycles. The lowest BCUT2D eigenvalue weighted by molar-refractivity contribution is 0.583. The second-order valence-electron chi connectivity index (χ2n) is 6.40. The van der Waals surface area contributed by atoms with Crippen molar-refractivity contribution in [2.75, 3.05) is 31.3 Å². The zero-order valence-electron chi connectivity index (χ0n) is 14.1. The number of rotatable bonds is 6. The minimum absolute atomic E-state index is 0.164. The molecule has 0 amide bonds. The van der Waals surface area contributed by atoms with Crippen molar-refractivity contribution in [3.63, 3.8) is 0 Å². The Labute approximate surface area is 136 Å². The molecule has 0 heterocycles. The van der Waals surface area contributed by atoms with Gasteiger partial charge >= 0.3 is 0 Å². The topological polar surface area (TPSA) is 66.5 Å². The first-order valence-corrected chi connectivity index (χ1v) is 9.91. The fourth-order valence-electron chi connectivity index (χ4n) is 1.90. The van der Waals surface area contributed by atoms with Crippen LogP contribution in [0, 0.1) is 6.92 Å². The van der Waals surface area contributed by atoms with Crippen LogP contribution in [-0.4, -0.2) is 43.8 Å². The molecular formula is C15H26N2O3S2. The van der Waals surface area contributed by atoms with E-state index >= 15 is 0 Å². The fraction of sp³-hybridized carbons (Fsp3) is 0.600. The average Bonchev–Trinajstić information content (AvgIpc) is 2.37. The first-order valence-electron chi connectivity index (χ1n) is 7.11. The van der Waals surface area contributed by atoms with E-state index in [1.165, 1.54) is 0 Å². The van der Waals surface area contributed by atoms with Crippen LogP contribution in [0.4, 0.5) is 5.69 Å². The van der Waals surface area contributed by atoms with Crippen molar-refractivity contribution in [3.8, 4) is 0 Å². The van der Waals surface area contributed by atoms with Gasteiger partial charge in [-0.1, -0.05) is 6.07 Å². The molecule has 0 aliphatic carbocycles. The van der Waals surface area contributed by atoms with Gasteiger partial charge < -0.3 is 4.90 Å². The van der Waals surface area contributed by atoms with Crippen molar-refractivity contribution in [2.24, 2.45) is 0 Å². The zero-order chi connectivity index (χ0) is 17.1. The summed E-state index contributed by atoms with van der Waals surface area (Å²) in [6.45, 7) is 7.73. The lowest BCUT2D eigenvalue weighted by atomic mass is 10.2. The third-order valence-corrected chi connectivity index (χ3v) is 6.63. The molecule has 7 heteroatoms. The van der Waals surface area contributed by atoms with Gasteiger partial charge in [0.2, 0.25) is 10.0 Å². The highest BCUT2D eigenvalue weighted by Gasteiger charge is 2.21. The van der Waals surface area contributed by atoms with E-state index in [9.17, 15) is 12.6 Å². The number of nitrogens with zero attached hydrogens (tertiary/aromatic N) is 1. The summed E-state index contributed by atoms with van der Waals surface area (Å²) in [7, 11) is -0.917. The molecule has 0 bridgehead atoms. The number of benzene rings is 1. The molecule has 0 saturated heterocycles. The molecule has 1 aromatic rings. The van der Waals surface area contributed by atoms with Crippen LogP contribution in [0.1, 0.15) is 26.3 Å². The minimum Gasteiger partial charge on any atom is -0.377 e. The zero-order valence-corrected chi connectivity index (χ0v) is 15.8. The van der Waals surface area contributed by atoms with Crippen LogP contribution in [0.2, 0.25) is 0 Å². The average molecular weight is 347 g/mol. The number of hydrogen-bond acceptors (Lipinski definition) is 4. The van der Waals surface area contributed by atoms with Crippen LogP contribution < -0.4 is 9.62 Å². The van der Waals surface area contributed by atoms with E-state index in [1.54, 1.807) is 18.2 Å². The fourth-order valence-corrected chi connectivity index (χ4v) is 3.98. The molecule has 22 heavy (non-hydrogen) atoms. The van der Waals surface area contributed by atoms with Gasteiger partial charge in [-0.15, -0.1) is 0 Å². The molecular weight excluding hydrogens is 320 g/mol. The van der Waals surface area contributed by atoms with E-state index in [0.29, 0.717) is 5.75 Å². The normalized spacial score (nSPS) is 13.9. The predicted octanol–water partition coefficient (Wildman–Crippen LogP) is 1.89. The maximum absolute atomic E-state index is 12.3. The molecule has 0 aliphatic rings. The molecule has 1 rings (SSSR count). The van der Waals surface area contributed by atoms with Crippen LogP contribution >= 0.6 is 0 Å². The molecule has 0 radical (unpaired) electrons. The van der Waals surface area contributed by atoms with E-state index in [1.807, 2.05) is 46.7 Å². The summed E-state index contributed by atoms with van der Waals surface area (Å²) in [5, 5.41) is 0. The van der Waals surface area contributed by atoms with Crippen molar-refractivity contribution in [1.29, 1.82) is 0 Å². The standard InChI is InChI=1S/C15H26N2O3S2/c1-12-7-8-13(11-14(12)17(5)6)22(19,20)16-9-10-21(18)15(2,3)4/h7-8,11,16H,9-10H2,1-6H3. The number of nitrogens with one attached hydrogen (secondary N) is 1. The molecule has 5 nitrogen and oxygen atoms in total. The molecule has 1 unspecified atom stereocenters. The second kappa shape index (κ2) is 7.10. The quantitative estimate of drug-likeness (QED) is 0.854. The lowest BCUT2D eigenvalue weighted by Gasteiger charge is -2.18. The van der Waals surface area contributed by atoms with Gasteiger partial charge in [0.1, 0.15) is 0 Å². The summed E-state index contributed by atoms with van der Waals surface area (Å²) in [6, 6.07) is 5.03. The first kappa shape index (κ1) is 19.1. The largest absolute Gasteiger partial charge is 0.377 e. The summed E-state index contributed by atoms with van der Waals surface area (Å²) in [6.07, 6.45) is 0. The highest BCUT2D eigenvalue weighted by atomic mass is 32.2. The number of hydrogen-bond donors (Lipinski definition) is 1. The van der Waals surface area contributed by atoms with Crippen LogP contribution in [-0.2, 0) is 20.8 Å². The number of sulfonamides is 1. The maximum Gasteiger partial charge on any atom is 0.240 e. The summed E-state index contributed by atoms with van der Waals surface area (Å²) in [4.78, 5) is 2.10. The van der Waals surface area contributed by atoms with Gasteiger partial charge in [-0.05, 0) is 45.4 Å². The summed E-state index contributed by atoms with van der Waals surface area (Å²) in [5.41, 5.74) is 1.87. The molecule has 0 aromatic heterocycles. The Kier molecular flexibility index (Phi) is 6.18. The van der Waals surface area contributed by atoms with Crippen LogP contribution in [0.15, 0.2) is 23.1 Å². The Hall–Kier alpha value is -0.920. The second-order valence-corrected chi connectivity index (χ2v) is 10.5. The summed E-state index contributed by atoms with van der Waals surface area (Å²) in [5.74, 6) is 0.301. The Bertz CT molecular complexity index is 647. The van der Waals surface area contributed by atoms with Gasteiger partial charge in [-0.2, -0.15) is 0 Å². The Morgan fingerprint density at radius 2 is 1.82 bits per heavy atom. The van der Waals surface area contributed by atoms with Crippen molar-refractivity contribution >= 4 is 26.5 Å². The predicted molar refractivity (Wildman–Crippen MR) is 93.5 cm³/mol. The highest BCUT2D eigenvalue weighted by Crippen LogP contribution is 2.22. The Morgan fingerprint density at radius 1 is 1.23 bits per heavy atom. The maximum atomic E-state index is 12.3. The molecule has 1 atom stereocenters. The number of aryl methyl sites for hydroxylation is 1.